The molecule has 1 atom stereocenters. The number of nitrogens with one attached hydrogen (secondary N) is 1. The van der Waals surface area contributed by atoms with Gasteiger partial charge in [0.2, 0.25) is 5.71 Å². The number of carbonyl (C=O) groups is 2. The van der Waals surface area contributed by atoms with E-state index in [9.17, 15) is 14.4 Å². The molecule has 2 aromatic heterocycles. The third-order valence-corrected chi connectivity index (χ3v) is 3.63. The van der Waals surface area contributed by atoms with E-state index in [0.717, 1.165) is 0 Å². The summed E-state index contributed by atoms with van der Waals surface area (Å²) in [6, 6.07) is -0.841. The van der Waals surface area contributed by atoms with E-state index >= 15 is 0 Å². The lowest BCUT2D eigenvalue weighted by Crippen LogP contribution is -2.40. The van der Waals surface area contributed by atoms with Gasteiger partial charge in [0.15, 0.2) is 0 Å². The zero-order valence-electron chi connectivity index (χ0n) is 15.1. The second-order valence-corrected chi connectivity index (χ2v) is 6.26. The third kappa shape index (κ3) is 3.89. The van der Waals surface area contributed by atoms with Crippen LogP contribution in [0.15, 0.2) is 15.5 Å². The first-order chi connectivity index (χ1) is 11.8. The molecule has 0 unspecified atom stereocenters. The zero-order chi connectivity index (χ0) is 18.7. The summed E-state index contributed by atoms with van der Waals surface area (Å²) in [5.74, 6) is -0.601. The van der Waals surface area contributed by atoms with Crippen molar-refractivity contribution < 1.29 is 18.7 Å². The molecule has 0 bridgehead atoms. The van der Waals surface area contributed by atoms with Gasteiger partial charge in [-0.1, -0.05) is 13.8 Å². The van der Waals surface area contributed by atoms with Gasteiger partial charge >= 0.3 is 5.97 Å². The largest absolute Gasteiger partial charge is 0.464 e. The summed E-state index contributed by atoms with van der Waals surface area (Å²) >= 11 is 0. The molecule has 0 aliphatic rings. The van der Waals surface area contributed by atoms with Gasteiger partial charge in [-0.25, -0.2) is 9.78 Å². The minimum atomic E-state index is -0.841. The van der Waals surface area contributed by atoms with Gasteiger partial charge in [0.1, 0.15) is 23.5 Å². The molecule has 0 radical (unpaired) electrons. The third-order valence-electron chi connectivity index (χ3n) is 3.63. The Hall–Kier alpha value is -2.64. The molecule has 2 aromatic rings. The van der Waals surface area contributed by atoms with Crippen LogP contribution in [0.1, 0.15) is 43.8 Å². The van der Waals surface area contributed by atoms with Crippen LogP contribution in [0, 0.1) is 12.8 Å². The van der Waals surface area contributed by atoms with Gasteiger partial charge in [-0.3, -0.25) is 14.2 Å². The molecule has 2 rings (SSSR count). The maximum atomic E-state index is 12.7. The van der Waals surface area contributed by atoms with Crippen LogP contribution in [-0.2, 0) is 16.1 Å². The minimum Gasteiger partial charge on any atom is -0.464 e. The lowest BCUT2D eigenvalue weighted by molar-refractivity contribution is -0.144. The molecule has 0 fully saturated rings. The molecule has 0 aliphatic heterocycles. The van der Waals surface area contributed by atoms with Crippen LogP contribution in [0.2, 0.25) is 0 Å². The quantitative estimate of drug-likeness (QED) is 0.795. The second kappa shape index (κ2) is 7.50. The number of aromatic nitrogens is 2. The Labute approximate surface area is 145 Å². The summed E-state index contributed by atoms with van der Waals surface area (Å²) in [5, 5.41) is 2.66. The molecule has 8 nitrogen and oxygen atoms in total. The number of aryl methyl sites for hydroxylation is 1. The molecule has 2 heterocycles. The average Bonchev–Trinajstić information content (AvgIpc) is 2.87. The molecule has 0 saturated heterocycles. The van der Waals surface area contributed by atoms with Gasteiger partial charge in [-0.2, -0.15) is 0 Å². The Morgan fingerprint density at radius 3 is 2.64 bits per heavy atom. The smallest absolute Gasteiger partial charge is 0.328 e. The first kappa shape index (κ1) is 18.7. The second-order valence-electron chi connectivity index (χ2n) is 6.26. The highest BCUT2D eigenvalue weighted by atomic mass is 16.5. The monoisotopic (exact) mass is 349 g/mol. The fraction of sp³-hybridized carbons (Fsp3) is 0.529. The van der Waals surface area contributed by atoms with E-state index in [4.69, 9.17) is 9.15 Å². The molecule has 0 saturated carbocycles. The number of ether oxygens (including phenoxy) is 1. The average molecular weight is 349 g/mol. The van der Waals surface area contributed by atoms with Crippen molar-refractivity contribution in [2.75, 3.05) is 6.61 Å². The van der Waals surface area contributed by atoms with Crippen molar-refractivity contribution in [3.8, 4) is 0 Å². The van der Waals surface area contributed by atoms with Gasteiger partial charge in [-0.15, -0.1) is 0 Å². The highest BCUT2D eigenvalue weighted by Gasteiger charge is 2.25. The molecule has 136 valence electrons. The van der Waals surface area contributed by atoms with E-state index in [1.54, 1.807) is 13.8 Å². The number of furan rings is 1. The number of hydrogen-bond acceptors (Lipinski definition) is 6. The Balaban J connectivity index is 2.43. The first-order valence-electron chi connectivity index (χ1n) is 8.22. The number of nitrogens with zero attached hydrogens (tertiary/aromatic N) is 2. The van der Waals surface area contributed by atoms with Crippen molar-refractivity contribution in [3.63, 3.8) is 0 Å². The fourth-order valence-electron chi connectivity index (χ4n) is 2.53. The molecule has 1 N–H and O–H groups in total. The van der Waals surface area contributed by atoms with Crippen LogP contribution in [0.5, 0.6) is 0 Å². The van der Waals surface area contributed by atoms with Crippen LogP contribution in [0.4, 0.5) is 0 Å². The minimum absolute atomic E-state index is 0.0988. The normalized spacial score (nSPS) is 12.4. The SMILES string of the molecule is CCOC(=O)[C@@H](C)NC(=O)c1c(C)oc2ncn(CC(C)C)c(=O)c12. The van der Waals surface area contributed by atoms with Crippen LogP contribution >= 0.6 is 0 Å². The summed E-state index contributed by atoms with van der Waals surface area (Å²) in [7, 11) is 0. The zero-order valence-corrected chi connectivity index (χ0v) is 15.1. The van der Waals surface area contributed by atoms with E-state index in [2.05, 4.69) is 10.3 Å². The number of esters is 1. The van der Waals surface area contributed by atoms with Crippen molar-refractivity contribution in [3.05, 3.63) is 28.0 Å². The maximum Gasteiger partial charge on any atom is 0.328 e. The van der Waals surface area contributed by atoms with Crippen LogP contribution in [0.3, 0.4) is 0 Å². The predicted octanol–water partition coefficient (Wildman–Crippen LogP) is 1.64. The van der Waals surface area contributed by atoms with E-state index < -0.39 is 17.9 Å². The highest BCUT2D eigenvalue weighted by Crippen LogP contribution is 2.21. The van der Waals surface area contributed by atoms with Gasteiger partial charge < -0.3 is 14.5 Å². The molecule has 25 heavy (non-hydrogen) atoms. The Kier molecular flexibility index (Phi) is 5.61. The lowest BCUT2D eigenvalue weighted by atomic mass is 10.1. The van der Waals surface area contributed by atoms with Gasteiger partial charge in [0.25, 0.3) is 11.5 Å². The van der Waals surface area contributed by atoms with Crippen LogP contribution < -0.4 is 10.9 Å². The summed E-state index contributed by atoms with van der Waals surface area (Å²) in [6.07, 6.45) is 1.41. The molecule has 0 aromatic carbocycles. The van der Waals surface area contributed by atoms with Crippen LogP contribution in [0.25, 0.3) is 11.1 Å². The van der Waals surface area contributed by atoms with E-state index in [1.807, 2.05) is 13.8 Å². The maximum absolute atomic E-state index is 12.7. The van der Waals surface area contributed by atoms with Crippen molar-refractivity contribution >= 4 is 23.0 Å². The summed E-state index contributed by atoms with van der Waals surface area (Å²) in [6.45, 7) is 9.43. The Bertz CT molecular complexity index is 850. The molecular formula is C17H23N3O5. The number of fused-ring (bicyclic) bond motifs is 1. The number of rotatable bonds is 6. The van der Waals surface area contributed by atoms with Crippen molar-refractivity contribution in [2.24, 2.45) is 5.92 Å². The summed E-state index contributed by atoms with van der Waals surface area (Å²) in [5.41, 5.74) is -0.136. The molecular weight excluding hydrogens is 326 g/mol. The van der Waals surface area contributed by atoms with Crippen molar-refractivity contribution in [1.82, 2.24) is 14.9 Å². The van der Waals surface area contributed by atoms with E-state index in [1.165, 1.54) is 17.8 Å². The van der Waals surface area contributed by atoms with E-state index in [-0.39, 0.29) is 40.5 Å². The Morgan fingerprint density at radius 1 is 1.36 bits per heavy atom. The predicted molar refractivity (Wildman–Crippen MR) is 91.4 cm³/mol. The van der Waals surface area contributed by atoms with Gasteiger partial charge in [-0.05, 0) is 26.7 Å². The fourth-order valence-corrected chi connectivity index (χ4v) is 2.53. The number of carbonyl (C=O) groups excluding carboxylic acids is 2. The standard InChI is InChI=1S/C17H23N3O5/c1-6-24-17(23)10(4)19-14(21)12-11(5)25-15-13(12)16(22)20(8-18-15)7-9(2)3/h8-10H,6-7H2,1-5H3,(H,19,21)/t10-/m1/s1. The summed E-state index contributed by atoms with van der Waals surface area (Å²) < 4.78 is 11.8. The number of hydrogen-bond donors (Lipinski definition) is 1. The topological polar surface area (TPSA) is 103 Å². The molecule has 0 aliphatic carbocycles. The van der Waals surface area contributed by atoms with Gasteiger partial charge in [0.05, 0.1) is 12.2 Å². The summed E-state index contributed by atoms with van der Waals surface area (Å²) in [4.78, 5) is 41.1. The first-order valence-corrected chi connectivity index (χ1v) is 8.22. The van der Waals surface area contributed by atoms with Crippen LogP contribution in [-0.4, -0.2) is 34.1 Å². The van der Waals surface area contributed by atoms with Crippen molar-refractivity contribution in [2.45, 2.75) is 47.2 Å². The molecule has 8 heteroatoms. The lowest BCUT2D eigenvalue weighted by Gasteiger charge is -2.12. The molecule has 1 amide bonds. The number of amides is 1. The highest BCUT2D eigenvalue weighted by molar-refractivity contribution is 6.07. The van der Waals surface area contributed by atoms with Gasteiger partial charge in [0, 0.05) is 6.54 Å². The van der Waals surface area contributed by atoms with Crippen molar-refractivity contribution in [1.29, 1.82) is 0 Å². The van der Waals surface area contributed by atoms with E-state index in [0.29, 0.717) is 6.54 Å². The molecule has 0 spiro atoms. The Morgan fingerprint density at radius 2 is 2.04 bits per heavy atom.